The van der Waals surface area contributed by atoms with Crippen LogP contribution in [0.5, 0.6) is 5.75 Å². The van der Waals surface area contributed by atoms with Crippen LogP contribution in [0, 0.1) is 13.8 Å². The molecule has 1 atom stereocenters. The molecule has 0 bridgehead atoms. The molecule has 2 amide bonds. The van der Waals surface area contributed by atoms with Crippen LogP contribution in [0.25, 0.3) is 0 Å². The molecule has 4 rings (SSSR count). The standard InChI is InChI=1S/C22H20N2O3S/c1-12-6-3-4-9-17(12)23-21(27)20-13(2)19-16(11-18(26)24-22(19)28-20)14-7-5-8-15(25)10-14/h3-10,16,25H,11H2,1-2H3,(H,23,27)(H,24,26)/t16-/m0/s1. The fourth-order valence-corrected chi connectivity index (χ4v) is 4.82. The molecule has 6 heteroatoms. The highest BCUT2D eigenvalue weighted by Gasteiger charge is 2.33. The zero-order chi connectivity index (χ0) is 19.8. The Morgan fingerprint density at radius 3 is 2.71 bits per heavy atom. The van der Waals surface area contributed by atoms with E-state index in [9.17, 15) is 14.7 Å². The lowest BCUT2D eigenvalue weighted by atomic mass is 9.85. The predicted molar refractivity (Wildman–Crippen MR) is 111 cm³/mol. The van der Waals surface area contributed by atoms with Crippen molar-refractivity contribution in [3.8, 4) is 5.75 Å². The van der Waals surface area contributed by atoms with Crippen LogP contribution in [0.2, 0.25) is 0 Å². The summed E-state index contributed by atoms with van der Waals surface area (Å²) in [6.07, 6.45) is 0.285. The third kappa shape index (κ3) is 3.27. The van der Waals surface area contributed by atoms with E-state index in [1.54, 1.807) is 18.2 Å². The van der Waals surface area contributed by atoms with E-state index >= 15 is 0 Å². The molecule has 0 spiro atoms. The van der Waals surface area contributed by atoms with E-state index in [2.05, 4.69) is 10.6 Å². The molecule has 142 valence electrons. The van der Waals surface area contributed by atoms with Gasteiger partial charge in [0.05, 0.1) is 9.88 Å². The summed E-state index contributed by atoms with van der Waals surface area (Å²) in [6.45, 7) is 3.86. The highest BCUT2D eigenvalue weighted by atomic mass is 32.1. The minimum Gasteiger partial charge on any atom is -0.508 e. The van der Waals surface area contributed by atoms with E-state index in [4.69, 9.17) is 0 Å². The van der Waals surface area contributed by atoms with Crippen LogP contribution in [-0.4, -0.2) is 16.9 Å². The first-order chi connectivity index (χ1) is 13.4. The van der Waals surface area contributed by atoms with Crippen LogP contribution in [0.3, 0.4) is 0 Å². The maximum absolute atomic E-state index is 12.9. The minimum absolute atomic E-state index is 0.0899. The van der Waals surface area contributed by atoms with Gasteiger partial charge in [-0.3, -0.25) is 9.59 Å². The molecule has 0 saturated heterocycles. The van der Waals surface area contributed by atoms with Gasteiger partial charge in [-0.2, -0.15) is 0 Å². The Morgan fingerprint density at radius 2 is 1.96 bits per heavy atom. The summed E-state index contributed by atoms with van der Waals surface area (Å²) >= 11 is 1.30. The number of aromatic hydroxyl groups is 1. The number of benzene rings is 2. The van der Waals surface area contributed by atoms with Gasteiger partial charge in [0.15, 0.2) is 0 Å². The number of aryl methyl sites for hydroxylation is 1. The molecule has 2 aromatic carbocycles. The number of rotatable bonds is 3. The summed E-state index contributed by atoms with van der Waals surface area (Å²) in [7, 11) is 0. The van der Waals surface area contributed by atoms with Gasteiger partial charge < -0.3 is 15.7 Å². The summed E-state index contributed by atoms with van der Waals surface area (Å²) in [4.78, 5) is 25.8. The highest BCUT2D eigenvalue weighted by molar-refractivity contribution is 7.18. The minimum atomic E-state index is -0.188. The molecule has 3 N–H and O–H groups in total. The Bertz CT molecular complexity index is 1090. The number of anilines is 2. The molecule has 3 aromatic rings. The van der Waals surface area contributed by atoms with Crippen molar-refractivity contribution in [2.75, 3.05) is 10.6 Å². The van der Waals surface area contributed by atoms with E-state index in [1.165, 1.54) is 11.3 Å². The van der Waals surface area contributed by atoms with Crippen LogP contribution in [0.1, 0.15) is 44.3 Å². The third-order valence-corrected chi connectivity index (χ3v) is 6.28. The van der Waals surface area contributed by atoms with Crippen molar-refractivity contribution in [1.29, 1.82) is 0 Å². The maximum Gasteiger partial charge on any atom is 0.266 e. The predicted octanol–water partition coefficient (Wildman–Crippen LogP) is 4.80. The van der Waals surface area contributed by atoms with Gasteiger partial charge in [-0.15, -0.1) is 11.3 Å². The van der Waals surface area contributed by atoms with E-state index < -0.39 is 0 Å². The van der Waals surface area contributed by atoms with Gasteiger partial charge >= 0.3 is 0 Å². The molecule has 0 unspecified atom stereocenters. The Morgan fingerprint density at radius 1 is 1.18 bits per heavy atom. The van der Waals surface area contributed by atoms with Crippen LogP contribution < -0.4 is 10.6 Å². The number of nitrogens with one attached hydrogen (secondary N) is 2. The van der Waals surface area contributed by atoms with E-state index in [-0.39, 0.29) is 29.9 Å². The van der Waals surface area contributed by atoms with Gasteiger partial charge in [0.25, 0.3) is 5.91 Å². The van der Waals surface area contributed by atoms with Crippen LogP contribution >= 0.6 is 11.3 Å². The molecule has 5 nitrogen and oxygen atoms in total. The topological polar surface area (TPSA) is 78.4 Å². The Hall–Kier alpha value is -3.12. The Labute approximate surface area is 167 Å². The number of amides is 2. The first kappa shape index (κ1) is 18.3. The van der Waals surface area contributed by atoms with Gasteiger partial charge in [-0.25, -0.2) is 0 Å². The molecule has 1 aliphatic rings. The van der Waals surface area contributed by atoms with Crippen molar-refractivity contribution < 1.29 is 14.7 Å². The van der Waals surface area contributed by atoms with Gasteiger partial charge in [-0.05, 0) is 54.3 Å². The number of para-hydroxylation sites is 1. The highest BCUT2D eigenvalue weighted by Crippen LogP contribution is 2.45. The molecule has 0 aliphatic carbocycles. The molecular weight excluding hydrogens is 372 g/mol. The van der Waals surface area contributed by atoms with Gasteiger partial charge in [-0.1, -0.05) is 30.3 Å². The second-order valence-corrected chi connectivity index (χ2v) is 7.99. The molecule has 1 aliphatic heterocycles. The zero-order valence-electron chi connectivity index (χ0n) is 15.6. The van der Waals surface area contributed by atoms with E-state index in [1.807, 2.05) is 44.2 Å². The fraction of sp³-hybridized carbons (Fsp3) is 0.182. The molecule has 2 heterocycles. The number of phenols is 1. The van der Waals surface area contributed by atoms with Crippen molar-refractivity contribution >= 4 is 33.8 Å². The fourth-order valence-electron chi connectivity index (χ4n) is 3.64. The summed E-state index contributed by atoms with van der Waals surface area (Å²) in [5.41, 5.74) is 4.43. The molecule has 28 heavy (non-hydrogen) atoms. The number of phenolic OH excluding ortho intramolecular Hbond substituents is 1. The lowest BCUT2D eigenvalue weighted by Crippen LogP contribution is -2.22. The van der Waals surface area contributed by atoms with Crippen LogP contribution in [0.15, 0.2) is 48.5 Å². The summed E-state index contributed by atoms with van der Waals surface area (Å²) in [5.74, 6) is -0.300. The Kier molecular flexibility index (Phi) is 4.65. The zero-order valence-corrected chi connectivity index (χ0v) is 16.4. The first-order valence-corrected chi connectivity index (χ1v) is 9.84. The third-order valence-electron chi connectivity index (χ3n) is 5.06. The lowest BCUT2D eigenvalue weighted by Gasteiger charge is -2.24. The molecule has 1 aromatic heterocycles. The molecule has 0 saturated carbocycles. The number of fused-ring (bicyclic) bond motifs is 1. The first-order valence-electron chi connectivity index (χ1n) is 9.03. The van der Waals surface area contributed by atoms with Crippen molar-refractivity contribution in [2.45, 2.75) is 26.2 Å². The SMILES string of the molecule is Cc1ccccc1NC(=O)c1sc2c(c1C)[C@H](c1cccc(O)c1)CC(=O)N2. The lowest BCUT2D eigenvalue weighted by molar-refractivity contribution is -0.116. The molecular formula is C22H20N2O3S. The van der Waals surface area contributed by atoms with Crippen molar-refractivity contribution in [1.82, 2.24) is 0 Å². The molecule has 0 radical (unpaired) electrons. The Balaban J connectivity index is 1.73. The van der Waals surface area contributed by atoms with E-state index in [0.29, 0.717) is 9.88 Å². The van der Waals surface area contributed by atoms with Crippen molar-refractivity contribution in [3.05, 3.63) is 75.7 Å². The van der Waals surface area contributed by atoms with E-state index in [0.717, 1.165) is 27.9 Å². The second-order valence-electron chi connectivity index (χ2n) is 6.97. The number of hydrogen-bond acceptors (Lipinski definition) is 4. The summed E-state index contributed by atoms with van der Waals surface area (Å²) < 4.78 is 0. The van der Waals surface area contributed by atoms with Gasteiger partial charge in [0, 0.05) is 18.0 Å². The molecule has 0 fully saturated rings. The van der Waals surface area contributed by atoms with Crippen molar-refractivity contribution in [2.24, 2.45) is 0 Å². The smallest absolute Gasteiger partial charge is 0.266 e. The van der Waals surface area contributed by atoms with Gasteiger partial charge in [0.2, 0.25) is 5.91 Å². The normalized spacial score (nSPS) is 15.6. The van der Waals surface area contributed by atoms with Crippen LogP contribution in [-0.2, 0) is 4.79 Å². The second kappa shape index (κ2) is 7.13. The average molecular weight is 392 g/mol. The number of carbonyl (C=O) groups excluding carboxylic acids is 2. The number of thiophene rings is 1. The number of hydrogen-bond donors (Lipinski definition) is 3. The largest absolute Gasteiger partial charge is 0.508 e. The van der Waals surface area contributed by atoms with Gasteiger partial charge in [0.1, 0.15) is 5.75 Å². The van der Waals surface area contributed by atoms with Crippen molar-refractivity contribution in [3.63, 3.8) is 0 Å². The van der Waals surface area contributed by atoms with Crippen LogP contribution in [0.4, 0.5) is 10.7 Å². The summed E-state index contributed by atoms with van der Waals surface area (Å²) in [6, 6.07) is 14.6. The summed E-state index contributed by atoms with van der Waals surface area (Å²) in [5, 5.41) is 16.4. The monoisotopic (exact) mass is 392 g/mol. The quantitative estimate of drug-likeness (QED) is 0.599. The maximum atomic E-state index is 12.9. The number of carbonyl (C=O) groups is 2. The average Bonchev–Trinajstić information content (AvgIpc) is 2.99.